The van der Waals surface area contributed by atoms with Crippen LogP contribution in [0.3, 0.4) is 0 Å². The Hall–Kier alpha value is -1.28. The quantitative estimate of drug-likeness (QED) is 0.809. The first-order chi connectivity index (χ1) is 11.1. The maximum atomic E-state index is 13.7. The number of hydrogen-bond acceptors (Lipinski definition) is 4. The maximum Gasteiger partial charge on any atom is 0.241 e. The lowest BCUT2D eigenvalue weighted by atomic mass is 10.0. The van der Waals surface area contributed by atoms with E-state index in [0.29, 0.717) is 17.2 Å². The fourth-order valence-electron chi connectivity index (χ4n) is 3.00. The van der Waals surface area contributed by atoms with Crippen LogP contribution in [0.2, 0.25) is 5.15 Å². The van der Waals surface area contributed by atoms with Crippen molar-refractivity contribution in [1.82, 2.24) is 9.71 Å². The van der Waals surface area contributed by atoms with E-state index >= 15 is 0 Å². The molecular formula is C16H19ClFN3O2S. The number of sulfonamides is 1. The van der Waals surface area contributed by atoms with Gasteiger partial charge in [-0.3, -0.25) is 0 Å². The summed E-state index contributed by atoms with van der Waals surface area (Å²) < 4.78 is 41.5. The number of nitrogens with two attached hydrogens (primary N) is 1. The second-order valence-corrected chi connectivity index (χ2v) is 8.81. The summed E-state index contributed by atoms with van der Waals surface area (Å²) in [7, 11) is -3.89. The number of benzene rings is 1. The largest absolute Gasteiger partial charge is 0.324 e. The van der Waals surface area contributed by atoms with Gasteiger partial charge in [-0.05, 0) is 49.9 Å². The number of aromatic nitrogens is 1. The lowest BCUT2D eigenvalue weighted by Crippen LogP contribution is -2.35. The molecular weight excluding hydrogens is 353 g/mol. The van der Waals surface area contributed by atoms with Crippen LogP contribution < -0.4 is 10.5 Å². The smallest absolute Gasteiger partial charge is 0.241 e. The lowest BCUT2D eigenvalue weighted by molar-refractivity contribution is 0.221. The van der Waals surface area contributed by atoms with Crippen molar-refractivity contribution in [3.63, 3.8) is 0 Å². The standard InChI is InChI=1S/C16H19ClFN3O2S/c1-16(2,18)8-21-24(22,23)13-5-9-3-4-12(19)15(9)11-7-20-14(17)6-10(11)13/h5-7,12,21H,3-4,8,19H2,1-2H3. The van der Waals surface area contributed by atoms with E-state index in [1.165, 1.54) is 19.9 Å². The molecule has 0 saturated heterocycles. The van der Waals surface area contributed by atoms with Gasteiger partial charge in [0.15, 0.2) is 0 Å². The summed E-state index contributed by atoms with van der Waals surface area (Å²) in [5.74, 6) is 0. The zero-order valence-corrected chi connectivity index (χ0v) is 15.0. The van der Waals surface area contributed by atoms with Crippen molar-refractivity contribution in [2.45, 2.75) is 43.3 Å². The van der Waals surface area contributed by atoms with E-state index in [4.69, 9.17) is 17.3 Å². The van der Waals surface area contributed by atoms with Crippen molar-refractivity contribution in [3.05, 3.63) is 34.6 Å². The van der Waals surface area contributed by atoms with Crippen LogP contribution in [0.5, 0.6) is 0 Å². The van der Waals surface area contributed by atoms with Crippen molar-refractivity contribution in [2.24, 2.45) is 5.73 Å². The number of alkyl halides is 1. The molecule has 0 radical (unpaired) electrons. The van der Waals surface area contributed by atoms with Gasteiger partial charge in [0.05, 0.1) is 4.90 Å². The summed E-state index contributed by atoms with van der Waals surface area (Å²) in [6.07, 6.45) is 3.01. The summed E-state index contributed by atoms with van der Waals surface area (Å²) in [5.41, 5.74) is 6.30. The number of fused-ring (bicyclic) bond motifs is 3. The number of nitrogens with one attached hydrogen (secondary N) is 1. The van der Waals surface area contributed by atoms with Crippen molar-refractivity contribution < 1.29 is 12.8 Å². The van der Waals surface area contributed by atoms with Gasteiger partial charge in [0.1, 0.15) is 10.8 Å². The van der Waals surface area contributed by atoms with Gasteiger partial charge < -0.3 is 5.73 Å². The number of rotatable bonds is 4. The molecule has 1 aliphatic rings. The van der Waals surface area contributed by atoms with E-state index in [2.05, 4.69) is 9.71 Å². The highest BCUT2D eigenvalue weighted by Gasteiger charge is 2.29. The molecule has 0 saturated carbocycles. The Kier molecular flexibility index (Phi) is 4.32. The molecule has 1 heterocycles. The molecule has 2 aromatic rings. The zero-order chi connectivity index (χ0) is 17.7. The molecule has 0 spiro atoms. The monoisotopic (exact) mass is 371 g/mol. The molecule has 1 aliphatic carbocycles. The molecule has 1 atom stereocenters. The van der Waals surface area contributed by atoms with Gasteiger partial charge in [-0.15, -0.1) is 0 Å². The molecule has 3 N–H and O–H groups in total. The first-order valence-electron chi connectivity index (χ1n) is 7.64. The average molecular weight is 372 g/mol. The highest BCUT2D eigenvalue weighted by molar-refractivity contribution is 7.89. The molecule has 1 aromatic carbocycles. The van der Waals surface area contributed by atoms with Gasteiger partial charge in [0.2, 0.25) is 10.0 Å². The minimum absolute atomic E-state index is 0.0823. The van der Waals surface area contributed by atoms with E-state index < -0.39 is 15.7 Å². The predicted molar refractivity (Wildman–Crippen MR) is 92.4 cm³/mol. The van der Waals surface area contributed by atoms with E-state index in [0.717, 1.165) is 17.5 Å². The first-order valence-corrected chi connectivity index (χ1v) is 9.50. The Bertz CT molecular complexity index is 910. The number of pyridine rings is 1. The molecule has 1 aromatic heterocycles. The average Bonchev–Trinajstić information content (AvgIpc) is 2.85. The number of aryl methyl sites for hydroxylation is 1. The minimum Gasteiger partial charge on any atom is -0.324 e. The van der Waals surface area contributed by atoms with Crippen LogP contribution in [0.4, 0.5) is 4.39 Å². The van der Waals surface area contributed by atoms with Gasteiger partial charge in [-0.25, -0.2) is 22.5 Å². The fraction of sp³-hybridized carbons (Fsp3) is 0.438. The second-order valence-electron chi connectivity index (χ2n) is 6.69. The van der Waals surface area contributed by atoms with Crippen LogP contribution >= 0.6 is 11.6 Å². The van der Waals surface area contributed by atoms with Crippen molar-refractivity contribution >= 4 is 32.4 Å². The summed E-state index contributed by atoms with van der Waals surface area (Å²) in [6, 6.07) is 2.98. The first kappa shape index (κ1) is 17.5. The van der Waals surface area contributed by atoms with E-state index in [1.54, 1.807) is 12.3 Å². The Morgan fingerprint density at radius 3 is 2.79 bits per heavy atom. The number of nitrogens with zero attached hydrogens (tertiary/aromatic N) is 1. The summed E-state index contributed by atoms with van der Waals surface area (Å²) in [4.78, 5) is 4.14. The minimum atomic E-state index is -3.89. The molecule has 130 valence electrons. The van der Waals surface area contributed by atoms with Crippen LogP contribution in [0.1, 0.15) is 37.4 Å². The molecule has 24 heavy (non-hydrogen) atoms. The highest BCUT2D eigenvalue weighted by Crippen LogP contribution is 2.39. The normalized spacial score (nSPS) is 18.1. The van der Waals surface area contributed by atoms with Crippen LogP contribution in [0.15, 0.2) is 23.2 Å². The third-order valence-corrected chi connectivity index (χ3v) is 5.79. The van der Waals surface area contributed by atoms with E-state index in [9.17, 15) is 12.8 Å². The fourth-order valence-corrected chi connectivity index (χ4v) is 4.60. The van der Waals surface area contributed by atoms with Crippen LogP contribution in [0, 0.1) is 0 Å². The van der Waals surface area contributed by atoms with Crippen molar-refractivity contribution in [1.29, 1.82) is 0 Å². The maximum absolute atomic E-state index is 13.7. The third kappa shape index (κ3) is 3.26. The summed E-state index contributed by atoms with van der Waals surface area (Å²) in [5, 5.41) is 1.33. The molecule has 0 fully saturated rings. The SMILES string of the molecule is CC(C)(F)CNS(=O)(=O)c1cc2c(c3cnc(Cl)cc13)C(N)CC2. The zero-order valence-electron chi connectivity index (χ0n) is 13.4. The second kappa shape index (κ2) is 5.91. The Morgan fingerprint density at radius 1 is 1.42 bits per heavy atom. The Balaban J connectivity index is 2.20. The summed E-state index contributed by atoms with van der Waals surface area (Å²) >= 11 is 5.96. The van der Waals surface area contributed by atoms with Crippen molar-refractivity contribution in [3.8, 4) is 0 Å². The van der Waals surface area contributed by atoms with E-state index in [1.807, 2.05) is 0 Å². The molecule has 0 amide bonds. The molecule has 1 unspecified atom stereocenters. The molecule has 3 rings (SSSR count). The van der Waals surface area contributed by atoms with Crippen molar-refractivity contribution in [2.75, 3.05) is 6.54 Å². The predicted octanol–water partition coefficient (Wildman–Crippen LogP) is 2.86. The van der Waals surface area contributed by atoms with Gasteiger partial charge in [-0.2, -0.15) is 0 Å². The molecule has 8 heteroatoms. The van der Waals surface area contributed by atoms with Gasteiger partial charge in [0.25, 0.3) is 0 Å². The van der Waals surface area contributed by atoms with Gasteiger partial charge in [-0.1, -0.05) is 11.6 Å². The highest BCUT2D eigenvalue weighted by atomic mass is 35.5. The topological polar surface area (TPSA) is 85.1 Å². The number of hydrogen-bond donors (Lipinski definition) is 2. The molecule has 0 aliphatic heterocycles. The van der Waals surface area contributed by atoms with Gasteiger partial charge in [0, 0.05) is 29.6 Å². The lowest BCUT2D eigenvalue weighted by Gasteiger charge is -2.18. The van der Waals surface area contributed by atoms with E-state index in [-0.39, 0.29) is 22.6 Å². The summed E-state index contributed by atoms with van der Waals surface area (Å²) in [6.45, 7) is 2.32. The van der Waals surface area contributed by atoms with Crippen LogP contribution in [0.25, 0.3) is 10.8 Å². The third-order valence-electron chi connectivity index (χ3n) is 4.15. The Labute approximate surface area is 145 Å². The molecule has 0 bridgehead atoms. The number of halogens is 2. The van der Waals surface area contributed by atoms with Gasteiger partial charge >= 0.3 is 0 Å². The molecule has 5 nitrogen and oxygen atoms in total. The van der Waals surface area contributed by atoms with Crippen LogP contribution in [-0.2, 0) is 16.4 Å². The van der Waals surface area contributed by atoms with Crippen LogP contribution in [-0.4, -0.2) is 25.6 Å². The Morgan fingerprint density at radius 2 is 2.12 bits per heavy atom.